The molecule has 3 rings (SSSR count). The highest BCUT2D eigenvalue weighted by molar-refractivity contribution is 5.88. The molecule has 1 aliphatic rings. The van der Waals surface area contributed by atoms with Gasteiger partial charge in [-0.25, -0.2) is 4.68 Å². The molecule has 0 saturated heterocycles. The van der Waals surface area contributed by atoms with Gasteiger partial charge in [-0.15, -0.1) is 5.10 Å². The zero-order valence-corrected chi connectivity index (χ0v) is 19.0. The molecule has 0 bridgehead atoms. The number of benzene rings is 1. The van der Waals surface area contributed by atoms with Crippen LogP contribution in [0.4, 0.5) is 5.69 Å². The lowest BCUT2D eigenvalue weighted by Gasteiger charge is -2.33. The smallest absolute Gasteiger partial charge is 0.304 e. The molecule has 0 aliphatic heterocycles. The molecular weight excluding hydrogens is 408 g/mol. The third-order valence-electron chi connectivity index (χ3n) is 6.10. The molecule has 1 aliphatic carbocycles. The van der Waals surface area contributed by atoms with Crippen LogP contribution in [0.3, 0.4) is 0 Å². The number of hydrogen-bond acceptors (Lipinski definition) is 6. The topological polar surface area (TPSA) is 122 Å². The van der Waals surface area contributed by atoms with Gasteiger partial charge in [0.25, 0.3) is 0 Å². The van der Waals surface area contributed by atoms with Crippen molar-refractivity contribution < 1.29 is 14.7 Å². The third-order valence-corrected chi connectivity index (χ3v) is 6.10. The molecule has 174 valence electrons. The standard InChI is InChI=1S/C23H34N6O3/c1-3-4-14-29-23(26-27-28-29)22(18-10-12-19(13-11-18)24-16(2)30)25-20(15-21(31)32)17-8-6-5-7-9-17/h10-13,17,20,22,25H,3-9,14-15H2,1-2H3,(H,24,30)(H,31,32). The highest BCUT2D eigenvalue weighted by atomic mass is 16.4. The number of aromatic nitrogens is 4. The van der Waals surface area contributed by atoms with E-state index in [-0.39, 0.29) is 24.4 Å². The molecule has 32 heavy (non-hydrogen) atoms. The van der Waals surface area contributed by atoms with E-state index in [0.717, 1.165) is 44.1 Å². The van der Waals surface area contributed by atoms with Crippen LogP contribution in [0.5, 0.6) is 0 Å². The number of aliphatic carboxylic acids is 1. The fraction of sp³-hybridized carbons (Fsp3) is 0.609. The molecule has 1 aromatic carbocycles. The van der Waals surface area contributed by atoms with Gasteiger partial charge in [0.1, 0.15) is 0 Å². The van der Waals surface area contributed by atoms with Crippen LogP contribution >= 0.6 is 0 Å². The van der Waals surface area contributed by atoms with E-state index in [2.05, 4.69) is 33.1 Å². The summed E-state index contributed by atoms with van der Waals surface area (Å²) in [6, 6.07) is 7.03. The van der Waals surface area contributed by atoms with Gasteiger partial charge in [0.15, 0.2) is 5.82 Å². The van der Waals surface area contributed by atoms with Gasteiger partial charge in [0, 0.05) is 25.2 Å². The van der Waals surface area contributed by atoms with E-state index in [1.54, 1.807) is 0 Å². The first-order valence-electron chi connectivity index (χ1n) is 11.6. The van der Waals surface area contributed by atoms with Crippen molar-refractivity contribution in [3.8, 4) is 0 Å². The monoisotopic (exact) mass is 442 g/mol. The number of carbonyl (C=O) groups is 2. The molecule has 1 amide bonds. The van der Waals surface area contributed by atoms with Crippen LogP contribution in [0, 0.1) is 5.92 Å². The van der Waals surface area contributed by atoms with Gasteiger partial charge in [-0.05, 0) is 53.3 Å². The molecule has 1 saturated carbocycles. The molecule has 2 unspecified atom stereocenters. The summed E-state index contributed by atoms with van der Waals surface area (Å²) in [7, 11) is 0. The zero-order chi connectivity index (χ0) is 22.9. The number of tetrazole rings is 1. The molecule has 9 nitrogen and oxygen atoms in total. The second-order valence-electron chi connectivity index (χ2n) is 8.62. The highest BCUT2D eigenvalue weighted by Gasteiger charge is 2.31. The summed E-state index contributed by atoms with van der Waals surface area (Å²) in [5, 5.41) is 28.4. The van der Waals surface area contributed by atoms with Crippen molar-refractivity contribution in [1.29, 1.82) is 0 Å². The summed E-state index contributed by atoms with van der Waals surface area (Å²) in [5.41, 5.74) is 1.64. The largest absolute Gasteiger partial charge is 0.481 e. The number of amides is 1. The first-order valence-corrected chi connectivity index (χ1v) is 11.6. The summed E-state index contributed by atoms with van der Waals surface area (Å²) in [4.78, 5) is 23.1. The van der Waals surface area contributed by atoms with Crippen molar-refractivity contribution in [2.75, 3.05) is 5.32 Å². The van der Waals surface area contributed by atoms with Crippen LogP contribution in [0.2, 0.25) is 0 Å². The van der Waals surface area contributed by atoms with Crippen LogP contribution < -0.4 is 10.6 Å². The lowest BCUT2D eigenvalue weighted by atomic mass is 9.82. The first kappa shape index (κ1) is 23.8. The number of anilines is 1. The maximum Gasteiger partial charge on any atom is 0.304 e. The lowest BCUT2D eigenvalue weighted by Crippen LogP contribution is -2.42. The molecular formula is C23H34N6O3. The van der Waals surface area contributed by atoms with E-state index < -0.39 is 5.97 Å². The Labute approximate surface area is 189 Å². The molecule has 0 radical (unpaired) electrons. The van der Waals surface area contributed by atoms with Crippen molar-refractivity contribution in [2.45, 2.75) is 83.8 Å². The Morgan fingerprint density at radius 3 is 2.53 bits per heavy atom. The van der Waals surface area contributed by atoms with Gasteiger partial charge in [-0.3, -0.25) is 14.9 Å². The van der Waals surface area contributed by atoms with Gasteiger partial charge < -0.3 is 10.4 Å². The molecule has 1 heterocycles. The van der Waals surface area contributed by atoms with Gasteiger partial charge in [-0.2, -0.15) is 0 Å². The second kappa shape index (κ2) is 11.7. The Morgan fingerprint density at radius 1 is 1.19 bits per heavy atom. The second-order valence-corrected chi connectivity index (χ2v) is 8.62. The Kier molecular flexibility index (Phi) is 8.72. The number of nitrogens with zero attached hydrogens (tertiary/aromatic N) is 4. The minimum Gasteiger partial charge on any atom is -0.481 e. The van der Waals surface area contributed by atoms with E-state index in [0.29, 0.717) is 24.0 Å². The molecule has 3 N–H and O–H groups in total. The van der Waals surface area contributed by atoms with Gasteiger partial charge >= 0.3 is 5.97 Å². The zero-order valence-electron chi connectivity index (χ0n) is 19.0. The van der Waals surface area contributed by atoms with E-state index in [1.165, 1.54) is 13.3 Å². The van der Waals surface area contributed by atoms with Crippen molar-refractivity contribution in [3.05, 3.63) is 35.7 Å². The number of rotatable bonds is 11. The van der Waals surface area contributed by atoms with E-state index >= 15 is 0 Å². The summed E-state index contributed by atoms with van der Waals surface area (Å²) < 4.78 is 1.81. The molecule has 1 fully saturated rings. The molecule has 9 heteroatoms. The Morgan fingerprint density at radius 2 is 1.91 bits per heavy atom. The van der Waals surface area contributed by atoms with Crippen LogP contribution in [0.1, 0.15) is 82.6 Å². The minimum absolute atomic E-state index is 0.0572. The third kappa shape index (κ3) is 6.59. The van der Waals surface area contributed by atoms with Crippen molar-refractivity contribution in [2.24, 2.45) is 5.92 Å². The summed E-state index contributed by atoms with van der Waals surface area (Å²) in [6.07, 6.45) is 7.56. The predicted octanol–water partition coefficient (Wildman–Crippen LogP) is 3.53. The average Bonchev–Trinajstić information content (AvgIpc) is 3.24. The average molecular weight is 443 g/mol. The molecule has 2 aromatic rings. The number of unbranched alkanes of at least 4 members (excludes halogenated alkanes) is 1. The van der Waals surface area contributed by atoms with Crippen molar-refractivity contribution >= 4 is 17.6 Å². The van der Waals surface area contributed by atoms with E-state index in [1.807, 2.05) is 28.9 Å². The maximum absolute atomic E-state index is 11.7. The quantitative estimate of drug-likeness (QED) is 0.486. The maximum atomic E-state index is 11.7. The molecule has 1 aromatic heterocycles. The fourth-order valence-electron chi connectivity index (χ4n) is 4.47. The predicted molar refractivity (Wildman–Crippen MR) is 121 cm³/mol. The summed E-state index contributed by atoms with van der Waals surface area (Å²) in [6.45, 7) is 4.29. The number of hydrogen-bond donors (Lipinski definition) is 3. The number of nitrogens with one attached hydrogen (secondary N) is 2. The van der Waals surface area contributed by atoms with Crippen LogP contribution in [0.25, 0.3) is 0 Å². The van der Waals surface area contributed by atoms with Crippen molar-refractivity contribution in [1.82, 2.24) is 25.5 Å². The normalized spacial score (nSPS) is 16.4. The van der Waals surface area contributed by atoms with Gasteiger partial charge in [0.2, 0.25) is 5.91 Å². The first-order chi connectivity index (χ1) is 15.5. The number of carboxylic acid groups (broad SMARTS) is 1. The van der Waals surface area contributed by atoms with Crippen molar-refractivity contribution in [3.63, 3.8) is 0 Å². The van der Waals surface area contributed by atoms with Crippen LogP contribution in [-0.2, 0) is 16.1 Å². The van der Waals surface area contributed by atoms with E-state index in [4.69, 9.17) is 0 Å². The molecule has 2 atom stereocenters. The Balaban J connectivity index is 1.92. The summed E-state index contributed by atoms with van der Waals surface area (Å²) >= 11 is 0. The summed E-state index contributed by atoms with van der Waals surface area (Å²) in [5.74, 6) is 0.0473. The minimum atomic E-state index is -0.807. The highest BCUT2D eigenvalue weighted by Crippen LogP contribution is 2.31. The Bertz CT molecular complexity index is 876. The van der Waals surface area contributed by atoms with Crippen LogP contribution in [-0.4, -0.2) is 43.2 Å². The van der Waals surface area contributed by atoms with Gasteiger partial charge in [-0.1, -0.05) is 44.7 Å². The van der Waals surface area contributed by atoms with E-state index in [9.17, 15) is 14.7 Å². The SMILES string of the molecule is CCCCn1nnnc1C(NC(CC(=O)O)C1CCCCC1)c1ccc(NC(C)=O)cc1. The van der Waals surface area contributed by atoms with Gasteiger partial charge in [0.05, 0.1) is 12.5 Å². The fourth-order valence-corrected chi connectivity index (χ4v) is 4.47. The van der Waals surface area contributed by atoms with Crippen LogP contribution in [0.15, 0.2) is 24.3 Å². The molecule has 0 spiro atoms. The number of carbonyl (C=O) groups excluding carboxylic acids is 1. The number of carboxylic acids is 1. The Hall–Kier alpha value is -2.81. The lowest BCUT2D eigenvalue weighted by molar-refractivity contribution is -0.138. The number of aryl methyl sites for hydroxylation is 1.